The van der Waals surface area contributed by atoms with Crippen molar-refractivity contribution in [1.82, 2.24) is 0 Å². The van der Waals surface area contributed by atoms with Crippen LogP contribution >= 0.6 is 0 Å². The fourth-order valence-corrected chi connectivity index (χ4v) is 1.72. The van der Waals surface area contributed by atoms with Crippen LogP contribution in [-0.4, -0.2) is 5.78 Å². The first-order valence-electron chi connectivity index (χ1n) is 4.34. The van der Waals surface area contributed by atoms with Crippen molar-refractivity contribution in [1.29, 1.82) is 5.26 Å². The van der Waals surface area contributed by atoms with Gasteiger partial charge in [-0.15, -0.1) is 0 Å². The number of nitriles is 1. The number of fused-ring (bicyclic) bond motifs is 1. The standard InChI is InChI=1S/C11H9NO/c12-7-9-6-5-8-3-1-2-4-10(8)11(9)13/h1-4,9H,5-6H2. The van der Waals surface area contributed by atoms with E-state index in [4.69, 9.17) is 5.26 Å². The number of Topliss-reactive ketones (excluding diaryl/α,β-unsaturated/α-hetero) is 1. The number of rotatable bonds is 0. The molecule has 64 valence electrons. The van der Waals surface area contributed by atoms with E-state index in [-0.39, 0.29) is 5.78 Å². The van der Waals surface area contributed by atoms with Crippen LogP contribution in [0.15, 0.2) is 24.3 Å². The van der Waals surface area contributed by atoms with Crippen LogP contribution in [0.5, 0.6) is 0 Å². The lowest BCUT2D eigenvalue weighted by atomic mass is 9.84. The highest BCUT2D eigenvalue weighted by molar-refractivity contribution is 6.01. The molecule has 0 aliphatic heterocycles. The van der Waals surface area contributed by atoms with Crippen LogP contribution in [-0.2, 0) is 6.42 Å². The average molecular weight is 171 g/mol. The Morgan fingerprint density at radius 2 is 2.15 bits per heavy atom. The predicted octanol–water partition coefficient (Wildman–Crippen LogP) is 1.96. The van der Waals surface area contributed by atoms with E-state index in [1.807, 2.05) is 24.3 Å². The Bertz CT molecular complexity index is 389. The monoisotopic (exact) mass is 171 g/mol. The van der Waals surface area contributed by atoms with Gasteiger partial charge in [-0.1, -0.05) is 24.3 Å². The lowest BCUT2D eigenvalue weighted by Crippen LogP contribution is -2.20. The van der Waals surface area contributed by atoms with Gasteiger partial charge >= 0.3 is 0 Å². The molecule has 1 aromatic rings. The first-order chi connectivity index (χ1) is 6.33. The summed E-state index contributed by atoms with van der Waals surface area (Å²) in [6.07, 6.45) is 1.52. The van der Waals surface area contributed by atoms with Crippen LogP contribution in [0.4, 0.5) is 0 Å². The number of carbonyl (C=O) groups is 1. The van der Waals surface area contributed by atoms with Crippen LogP contribution in [0.3, 0.4) is 0 Å². The maximum absolute atomic E-state index is 11.6. The predicted molar refractivity (Wildman–Crippen MR) is 48.2 cm³/mol. The number of carbonyl (C=O) groups excluding carboxylic acids is 1. The lowest BCUT2D eigenvalue weighted by Gasteiger charge is -2.17. The topological polar surface area (TPSA) is 40.9 Å². The van der Waals surface area contributed by atoms with Crippen molar-refractivity contribution in [2.45, 2.75) is 12.8 Å². The molecule has 0 aromatic heterocycles. The number of hydrogen-bond acceptors (Lipinski definition) is 2. The fraction of sp³-hybridized carbons (Fsp3) is 0.273. The van der Waals surface area contributed by atoms with Gasteiger partial charge in [0.05, 0.1) is 6.07 Å². The molecule has 0 spiro atoms. The molecule has 1 aliphatic carbocycles. The molecular formula is C11H9NO. The van der Waals surface area contributed by atoms with Gasteiger partial charge in [-0.3, -0.25) is 4.79 Å². The van der Waals surface area contributed by atoms with Gasteiger partial charge in [-0.05, 0) is 18.4 Å². The molecule has 0 heterocycles. The third kappa shape index (κ3) is 1.23. The van der Waals surface area contributed by atoms with Gasteiger partial charge in [0.25, 0.3) is 0 Å². The number of nitrogens with zero attached hydrogens (tertiary/aromatic N) is 1. The van der Waals surface area contributed by atoms with Crippen molar-refractivity contribution in [3.8, 4) is 6.07 Å². The summed E-state index contributed by atoms with van der Waals surface area (Å²) in [5.74, 6) is -0.431. The van der Waals surface area contributed by atoms with E-state index in [0.29, 0.717) is 6.42 Å². The van der Waals surface area contributed by atoms with E-state index >= 15 is 0 Å². The maximum atomic E-state index is 11.6. The molecule has 0 bridgehead atoms. The summed E-state index contributed by atoms with van der Waals surface area (Å²) in [5, 5.41) is 8.72. The first-order valence-corrected chi connectivity index (χ1v) is 4.34. The highest BCUT2D eigenvalue weighted by atomic mass is 16.1. The summed E-state index contributed by atoms with van der Waals surface area (Å²) in [7, 11) is 0. The van der Waals surface area contributed by atoms with E-state index < -0.39 is 5.92 Å². The zero-order valence-corrected chi connectivity index (χ0v) is 7.16. The van der Waals surface area contributed by atoms with Crippen LogP contribution < -0.4 is 0 Å². The van der Waals surface area contributed by atoms with Crippen LogP contribution in [0.2, 0.25) is 0 Å². The normalized spacial score (nSPS) is 20.5. The molecule has 1 aliphatic rings. The summed E-state index contributed by atoms with van der Waals surface area (Å²) >= 11 is 0. The molecule has 0 saturated carbocycles. The minimum absolute atomic E-state index is 0.00986. The molecule has 1 atom stereocenters. The van der Waals surface area contributed by atoms with E-state index in [1.165, 1.54) is 0 Å². The zero-order valence-electron chi connectivity index (χ0n) is 7.16. The maximum Gasteiger partial charge on any atom is 0.180 e. The van der Waals surface area contributed by atoms with Crippen molar-refractivity contribution in [2.75, 3.05) is 0 Å². The molecule has 2 heteroatoms. The molecule has 2 nitrogen and oxygen atoms in total. The SMILES string of the molecule is N#CC1CCc2ccccc2C1=O. The van der Waals surface area contributed by atoms with Crippen molar-refractivity contribution in [2.24, 2.45) is 5.92 Å². The molecule has 0 amide bonds. The molecule has 1 aromatic carbocycles. The van der Waals surface area contributed by atoms with Gasteiger partial charge in [-0.25, -0.2) is 0 Å². The first kappa shape index (κ1) is 8.00. The zero-order chi connectivity index (χ0) is 9.26. The van der Waals surface area contributed by atoms with Crippen LogP contribution in [0.1, 0.15) is 22.3 Å². The van der Waals surface area contributed by atoms with E-state index in [2.05, 4.69) is 0 Å². The van der Waals surface area contributed by atoms with Crippen molar-refractivity contribution < 1.29 is 4.79 Å². The second-order valence-corrected chi connectivity index (χ2v) is 3.24. The Labute approximate surface area is 76.8 Å². The van der Waals surface area contributed by atoms with Gasteiger partial charge in [0.1, 0.15) is 5.92 Å². The third-order valence-corrected chi connectivity index (χ3v) is 2.46. The summed E-state index contributed by atoms with van der Waals surface area (Å²) in [4.78, 5) is 11.6. The average Bonchev–Trinajstić information content (AvgIpc) is 2.19. The van der Waals surface area contributed by atoms with E-state index in [1.54, 1.807) is 6.07 Å². The van der Waals surface area contributed by atoms with Gasteiger partial charge < -0.3 is 0 Å². The van der Waals surface area contributed by atoms with Crippen molar-refractivity contribution >= 4 is 5.78 Å². The smallest absolute Gasteiger partial charge is 0.180 e. The highest BCUT2D eigenvalue weighted by Crippen LogP contribution is 2.24. The van der Waals surface area contributed by atoms with Crippen LogP contribution in [0.25, 0.3) is 0 Å². The fourth-order valence-electron chi connectivity index (χ4n) is 1.72. The minimum Gasteiger partial charge on any atom is -0.293 e. The molecule has 1 unspecified atom stereocenters. The molecule has 0 saturated heterocycles. The molecular weight excluding hydrogens is 162 g/mol. The van der Waals surface area contributed by atoms with Gasteiger partial charge in [-0.2, -0.15) is 5.26 Å². The van der Waals surface area contributed by atoms with E-state index in [0.717, 1.165) is 17.5 Å². The summed E-state index contributed by atoms with van der Waals surface area (Å²) < 4.78 is 0. The number of hydrogen-bond donors (Lipinski definition) is 0. The summed E-state index contributed by atoms with van der Waals surface area (Å²) in [5.41, 5.74) is 1.82. The third-order valence-electron chi connectivity index (χ3n) is 2.46. The molecule has 0 radical (unpaired) electrons. The second kappa shape index (κ2) is 3.02. The Hall–Kier alpha value is -1.62. The summed E-state index contributed by atoms with van der Waals surface area (Å²) in [6.45, 7) is 0. The largest absolute Gasteiger partial charge is 0.293 e. The van der Waals surface area contributed by atoms with Gasteiger partial charge in [0.15, 0.2) is 5.78 Å². The van der Waals surface area contributed by atoms with Gasteiger partial charge in [0.2, 0.25) is 0 Å². The Morgan fingerprint density at radius 3 is 2.92 bits per heavy atom. The number of ketones is 1. The van der Waals surface area contributed by atoms with Gasteiger partial charge in [0, 0.05) is 5.56 Å². The molecule has 13 heavy (non-hydrogen) atoms. The Balaban J connectivity index is 2.46. The van der Waals surface area contributed by atoms with Crippen LogP contribution in [0, 0.1) is 17.2 Å². The Morgan fingerprint density at radius 1 is 1.38 bits per heavy atom. The lowest BCUT2D eigenvalue weighted by molar-refractivity contribution is 0.0934. The molecule has 0 N–H and O–H groups in total. The second-order valence-electron chi connectivity index (χ2n) is 3.24. The molecule has 2 rings (SSSR count). The van der Waals surface area contributed by atoms with Crippen molar-refractivity contribution in [3.63, 3.8) is 0 Å². The number of aryl methyl sites for hydroxylation is 1. The highest BCUT2D eigenvalue weighted by Gasteiger charge is 2.26. The van der Waals surface area contributed by atoms with E-state index in [9.17, 15) is 4.79 Å². The minimum atomic E-state index is -0.421. The Kier molecular flexibility index (Phi) is 1.86. The quantitative estimate of drug-likeness (QED) is 0.598. The summed E-state index contributed by atoms with van der Waals surface area (Å²) in [6, 6.07) is 9.58. The number of benzene rings is 1. The van der Waals surface area contributed by atoms with Crippen molar-refractivity contribution in [3.05, 3.63) is 35.4 Å². The molecule has 0 fully saturated rings.